The van der Waals surface area contributed by atoms with Crippen LogP contribution in [0.15, 0.2) is 5.38 Å². The van der Waals surface area contributed by atoms with Crippen molar-refractivity contribution in [2.24, 2.45) is 5.92 Å². The lowest BCUT2D eigenvalue weighted by Crippen LogP contribution is -2.34. The predicted molar refractivity (Wildman–Crippen MR) is 83.9 cm³/mol. The quantitative estimate of drug-likeness (QED) is 0.908. The van der Waals surface area contributed by atoms with Gasteiger partial charge in [-0.2, -0.15) is 13.2 Å². The van der Waals surface area contributed by atoms with Crippen LogP contribution >= 0.6 is 11.3 Å². The highest BCUT2D eigenvalue weighted by Gasteiger charge is 2.34. The Morgan fingerprint density at radius 3 is 2.91 bits per heavy atom. The summed E-state index contributed by atoms with van der Waals surface area (Å²) in [5, 5.41) is 4.85. The van der Waals surface area contributed by atoms with Gasteiger partial charge in [-0.05, 0) is 50.1 Å². The molecule has 0 unspecified atom stereocenters. The number of carbonyl (C=O) groups is 1. The van der Waals surface area contributed by atoms with E-state index in [0.29, 0.717) is 26.1 Å². The maximum atomic E-state index is 12.4. The number of alkyl halides is 3. The van der Waals surface area contributed by atoms with E-state index in [1.54, 1.807) is 11.3 Å². The molecule has 1 aliphatic heterocycles. The molecule has 2 aliphatic rings. The molecule has 7 heteroatoms. The highest BCUT2D eigenvalue weighted by molar-refractivity contribution is 7.10. The first-order chi connectivity index (χ1) is 10.9. The van der Waals surface area contributed by atoms with Gasteiger partial charge in [0.1, 0.15) is 0 Å². The van der Waals surface area contributed by atoms with E-state index in [1.165, 1.54) is 21.8 Å². The summed E-state index contributed by atoms with van der Waals surface area (Å²) in [4.78, 5) is 15.1. The number of nitrogens with zero attached hydrogens (tertiary/aromatic N) is 1. The molecule has 1 aliphatic carbocycles. The molecule has 3 rings (SSSR count). The highest BCUT2D eigenvalue weighted by atomic mass is 32.1. The fraction of sp³-hybridized carbons (Fsp3) is 0.688. The number of hydrogen-bond acceptors (Lipinski definition) is 3. The number of thiophene rings is 1. The SMILES string of the molecule is O=C(NC[C@H]1CCN(CC(F)(F)F)C1)c1csc2c1CCCC2. The fourth-order valence-corrected chi connectivity index (χ4v) is 4.62. The van der Waals surface area contributed by atoms with Gasteiger partial charge in [0.15, 0.2) is 0 Å². The van der Waals surface area contributed by atoms with E-state index in [9.17, 15) is 18.0 Å². The number of aryl methyl sites for hydroxylation is 1. The number of carbonyl (C=O) groups excluding carboxylic acids is 1. The molecule has 1 amide bonds. The number of likely N-dealkylation sites (tertiary alicyclic amines) is 1. The van der Waals surface area contributed by atoms with E-state index in [2.05, 4.69) is 5.32 Å². The summed E-state index contributed by atoms with van der Waals surface area (Å²) in [5.41, 5.74) is 1.96. The Bertz CT molecular complexity index is 570. The van der Waals surface area contributed by atoms with Crippen LogP contribution in [-0.4, -0.2) is 43.2 Å². The topological polar surface area (TPSA) is 32.3 Å². The zero-order chi connectivity index (χ0) is 16.4. The molecule has 1 atom stereocenters. The Labute approximate surface area is 137 Å². The van der Waals surface area contributed by atoms with Crippen LogP contribution in [0.4, 0.5) is 13.2 Å². The maximum absolute atomic E-state index is 12.4. The van der Waals surface area contributed by atoms with Crippen molar-refractivity contribution in [2.45, 2.75) is 38.3 Å². The Morgan fingerprint density at radius 1 is 1.35 bits per heavy atom. The van der Waals surface area contributed by atoms with Crippen molar-refractivity contribution in [3.8, 4) is 0 Å². The average Bonchev–Trinajstić information content (AvgIpc) is 3.09. The van der Waals surface area contributed by atoms with Crippen LogP contribution in [0.5, 0.6) is 0 Å². The zero-order valence-electron chi connectivity index (χ0n) is 12.9. The number of nitrogens with one attached hydrogen (secondary N) is 1. The molecule has 1 fully saturated rings. The zero-order valence-corrected chi connectivity index (χ0v) is 13.7. The molecule has 1 aromatic heterocycles. The second-order valence-electron chi connectivity index (χ2n) is 6.47. The van der Waals surface area contributed by atoms with Gasteiger partial charge in [-0.25, -0.2) is 0 Å². The minimum Gasteiger partial charge on any atom is -0.352 e. The molecule has 0 spiro atoms. The van der Waals surface area contributed by atoms with Gasteiger partial charge in [0.25, 0.3) is 5.91 Å². The minimum atomic E-state index is -4.14. The summed E-state index contributed by atoms with van der Waals surface area (Å²) >= 11 is 1.65. The van der Waals surface area contributed by atoms with Gasteiger partial charge in [-0.3, -0.25) is 9.69 Å². The maximum Gasteiger partial charge on any atom is 0.401 e. The number of rotatable bonds is 4. The smallest absolute Gasteiger partial charge is 0.352 e. The Balaban J connectivity index is 1.49. The van der Waals surface area contributed by atoms with Crippen LogP contribution in [-0.2, 0) is 12.8 Å². The lowest BCUT2D eigenvalue weighted by Gasteiger charge is -2.18. The van der Waals surface area contributed by atoms with Gasteiger partial charge in [-0.15, -0.1) is 11.3 Å². The van der Waals surface area contributed by atoms with Crippen molar-refractivity contribution < 1.29 is 18.0 Å². The Kier molecular flexibility index (Phi) is 4.96. The summed E-state index contributed by atoms with van der Waals surface area (Å²) in [6, 6.07) is 0. The second-order valence-corrected chi connectivity index (χ2v) is 7.44. The monoisotopic (exact) mass is 346 g/mol. The number of fused-ring (bicyclic) bond motifs is 1. The van der Waals surface area contributed by atoms with Gasteiger partial charge in [0.05, 0.1) is 12.1 Å². The second kappa shape index (κ2) is 6.81. The molecule has 0 radical (unpaired) electrons. The predicted octanol–water partition coefficient (Wildman–Crippen LogP) is 3.24. The van der Waals surface area contributed by atoms with Gasteiger partial charge < -0.3 is 5.32 Å². The Morgan fingerprint density at radius 2 is 2.13 bits per heavy atom. The molecular weight excluding hydrogens is 325 g/mol. The molecule has 1 N–H and O–H groups in total. The third-order valence-electron chi connectivity index (χ3n) is 4.63. The normalized spacial score (nSPS) is 22.1. The fourth-order valence-electron chi connectivity index (χ4n) is 3.49. The Hall–Kier alpha value is -1.08. The summed E-state index contributed by atoms with van der Waals surface area (Å²) < 4.78 is 37.2. The van der Waals surface area contributed by atoms with E-state index < -0.39 is 12.7 Å². The van der Waals surface area contributed by atoms with E-state index in [4.69, 9.17) is 0 Å². The third kappa shape index (κ3) is 4.26. The van der Waals surface area contributed by atoms with Gasteiger partial charge in [0, 0.05) is 23.3 Å². The molecule has 3 nitrogen and oxygen atoms in total. The minimum absolute atomic E-state index is 0.0707. The summed E-state index contributed by atoms with van der Waals surface area (Å²) in [5.74, 6) is 0.0365. The van der Waals surface area contributed by atoms with Crippen molar-refractivity contribution >= 4 is 17.2 Å². The molecule has 0 bridgehead atoms. The van der Waals surface area contributed by atoms with Crippen molar-refractivity contribution in [2.75, 3.05) is 26.2 Å². The van der Waals surface area contributed by atoms with E-state index in [0.717, 1.165) is 24.8 Å². The number of amides is 1. The lowest BCUT2D eigenvalue weighted by molar-refractivity contribution is -0.143. The van der Waals surface area contributed by atoms with Gasteiger partial charge >= 0.3 is 6.18 Å². The summed E-state index contributed by atoms with van der Waals surface area (Å²) in [7, 11) is 0. The van der Waals surface area contributed by atoms with Crippen molar-refractivity contribution in [1.82, 2.24) is 10.2 Å². The van der Waals surface area contributed by atoms with Crippen LogP contribution in [0.1, 0.15) is 40.1 Å². The third-order valence-corrected chi connectivity index (χ3v) is 5.72. The molecule has 1 saturated heterocycles. The summed E-state index contributed by atoms with van der Waals surface area (Å²) in [6.07, 6.45) is 0.892. The van der Waals surface area contributed by atoms with Crippen molar-refractivity contribution in [3.05, 3.63) is 21.4 Å². The van der Waals surface area contributed by atoms with E-state index in [1.807, 2.05) is 5.38 Å². The van der Waals surface area contributed by atoms with Crippen LogP contribution in [0.3, 0.4) is 0 Å². The summed E-state index contributed by atoms with van der Waals surface area (Å²) in [6.45, 7) is 0.461. The van der Waals surface area contributed by atoms with Crippen LogP contribution in [0.25, 0.3) is 0 Å². The first-order valence-corrected chi connectivity index (χ1v) is 8.97. The molecule has 2 heterocycles. The molecule has 0 saturated carbocycles. The first kappa shape index (κ1) is 16.8. The van der Waals surface area contributed by atoms with E-state index in [-0.39, 0.29) is 11.8 Å². The average molecular weight is 346 g/mol. The lowest BCUT2D eigenvalue weighted by atomic mass is 9.95. The molecular formula is C16H21F3N2OS. The standard InChI is InChI=1S/C16H21F3N2OS/c17-16(18,19)10-21-6-5-11(8-21)7-20-15(22)13-9-23-14-4-2-1-3-12(13)14/h9,11H,1-8,10H2,(H,20,22)/t11-/m1/s1. The number of hydrogen-bond donors (Lipinski definition) is 1. The molecule has 128 valence electrons. The van der Waals surface area contributed by atoms with Crippen molar-refractivity contribution in [1.29, 1.82) is 0 Å². The van der Waals surface area contributed by atoms with Crippen LogP contribution < -0.4 is 5.32 Å². The number of halogens is 3. The highest BCUT2D eigenvalue weighted by Crippen LogP contribution is 2.30. The molecule has 0 aromatic carbocycles. The van der Waals surface area contributed by atoms with Crippen LogP contribution in [0.2, 0.25) is 0 Å². The van der Waals surface area contributed by atoms with Crippen LogP contribution in [0, 0.1) is 5.92 Å². The van der Waals surface area contributed by atoms with Gasteiger partial charge in [0.2, 0.25) is 0 Å². The largest absolute Gasteiger partial charge is 0.401 e. The molecule has 23 heavy (non-hydrogen) atoms. The van der Waals surface area contributed by atoms with Gasteiger partial charge in [-0.1, -0.05) is 0 Å². The molecule has 1 aromatic rings. The van der Waals surface area contributed by atoms with E-state index >= 15 is 0 Å². The first-order valence-electron chi connectivity index (χ1n) is 8.09. The van der Waals surface area contributed by atoms with Crippen molar-refractivity contribution in [3.63, 3.8) is 0 Å².